The number of fused-ring (bicyclic) bond motifs is 1. The van der Waals surface area contributed by atoms with Gasteiger partial charge in [-0.3, -0.25) is 0 Å². The predicted molar refractivity (Wildman–Crippen MR) is 73.6 cm³/mol. The van der Waals surface area contributed by atoms with E-state index in [-0.39, 0.29) is 0 Å². The predicted octanol–water partition coefficient (Wildman–Crippen LogP) is 3.69. The van der Waals surface area contributed by atoms with Crippen LogP contribution in [0.25, 0.3) is 0 Å². The first-order valence-corrected chi connectivity index (χ1v) is 6.96. The molecule has 0 spiro atoms. The topological polar surface area (TPSA) is 29.3 Å². The summed E-state index contributed by atoms with van der Waals surface area (Å²) in [5, 5.41) is 0.682. The van der Waals surface area contributed by atoms with Gasteiger partial charge in [-0.25, -0.2) is 0 Å². The van der Waals surface area contributed by atoms with Gasteiger partial charge in [0.25, 0.3) is 0 Å². The minimum Gasteiger partial charge on any atom is -0.396 e. The third kappa shape index (κ3) is 1.89. The summed E-state index contributed by atoms with van der Waals surface area (Å²) in [7, 11) is 0. The lowest BCUT2D eigenvalue weighted by Crippen LogP contribution is -2.35. The number of nitrogen functional groups attached to an aromatic ring is 1. The summed E-state index contributed by atoms with van der Waals surface area (Å²) < 4.78 is 0. The van der Waals surface area contributed by atoms with E-state index in [4.69, 9.17) is 17.3 Å². The van der Waals surface area contributed by atoms with E-state index < -0.39 is 0 Å². The molecule has 1 aromatic carbocycles. The molecule has 0 aromatic heterocycles. The number of benzene rings is 1. The second kappa shape index (κ2) is 4.41. The smallest absolute Gasteiger partial charge is 0.0741 e. The molecule has 0 bridgehead atoms. The molecule has 1 saturated heterocycles. The monoisotopic (exact) mass is 250 g/mol. The second-order valence-corrected chi connectivity index (χ2v) is 5.67. The number of halogens is 1. The summed E-state index contributed by atoms with van der Waals surface area (Å²) in [6.45, 7) is 1.14. The first kappa shape index (κ1) is 11.2. The van der Waals surface area contributed by atoms with Gasteiger partial charge in [-0.15, -0.1) is 0 Å². The molecule has 1 aliphatic heterocycles. The number of nitrogens with zero attached hydrogens (tertiary/aromatic N) is 1. The van der Waals surface area contributed by atoms with Crippen LogP contribution in [0.4, 0.5) is 11.4 Å². The summed E-state index contributed by atoms with van der Waals surface area (Å²) in [6.07, 6.45) is 6.78. The first-order chi connectivity index (χ1) is 8.27. The average molecular weight is 251 g/mol. The molecule has 0 radical (unpaired) electrons. The third-order valence-electron chi connectivity index (χ3n) is 4.35. The highest BCUT2D eigenvalue weighted by Crippen LogP contribution is 2.41. The van der Waals surface area contributed by atoms with Crippen molar-refractivity contribution in [2.75, 3.05) is 17.2 Å². The van der Waals surface area contributed by atoms with Crippen LogP contribution in [0.15, 0.2) is 18.2 Å². The molecule has 1 aromatic rings. The van der Waals surface area contributed by atoms with Crippen molar-refractivity contribution in [3.63, 3.8) is 0 Å². The Balaban J connectivity index is 1.91. The molecule has 2 N–H and O–H groups in total. The molecule has 1 aliphatic carbocycles. The Hall–Kier alpha value is -0.890. The Labute approximate surface area is 108 Å². The zero-order valence-corrected chi connectivity index (χ0v) is 10.8. The lowest BCUT2D eigenvalue weighted by Gasteiger charge is -2.33. The van der Waals surface area contributed by atoms with Gasteiger partial charge in [-0.2, -0.15) is 0 Å². The van der Waals surface area contributed by atoms with Crippen molar-refractivity contribution in [1.82, 2.24) is 0 Å². The van der Waals surface area contributed by atoms with E-state index in [1.54, 1.807) is 0 Å². The highest BCUT2D eigenvalue weighted by atomic mass is 35.5. The van der Waals surface area contributed by atoms with Gasteiger partial charge >= 0.3 is 0 Å². The van der Waals surface area contributed by atoms with Gasteiger partial charge in [0.2, 0.25) is 0 Å². The molecule has 1 saturated carbocycles. The average Bonchev–Trinajstić information content (AvgIpc) is 2.77. The van der Waals surface area contributed by atoms with E-state index >= 15 is 0 Å². The van der Waals surface area contributed by atoms with Gasteiger partial charge in [0.05, 0.1) is 16.4 Å². The van der Waals surface area contributed by atoms with Gasteiger partial charge in [0.1, 0.15) is 0 Å². The molecule has 2 aliphatic rings. The summed E-state index contributed by atoms with van der Waals surface area (Å²) in [5.41, 5.74) is 8.01. The highest BCUT2D eigenvalue weighted by Gasteiger charge is 2.36. The van der Waals surface area contributed by atoms with Crippen LogP contribution in [0.2, 0.25) is 5.02 Å². The fraction of sp³-hybridized carbons (Fsp3) is 0.571. The summed E-state index contributed by atoms with van der Waals surface area (Å²) in [4.78, 5) is 2.49. The number of anilines is 2. The van der Waals surface area contributed by atoms with E-state index in [0.29, 0.717) is 11.1 Å². The number of para-hydroxylation sites is 1. The van der Waals surface area contributed by atoms with Gasteiger partial charge in [-0.05, 0) is 37.3 Å². The van der Waals surface area contributed by atoms with Crippen LogP contribution in [0.3, 0.4) is 0 Å². The molecule has 2 fully saturated rings. The van der Waals surface area contributed by atoms with Crippen molar-refractivity contribution >= 4 is 23.0 Å². The fourth-order valence-electron chi connectivity index (χ4n) is 3.48. The Kier molecular flexibility index (Phi) is 2.91. The van der Waals surface area contributed by atoms with Crippen molar-refractivity contribution in [2.24, 2.45) is 5.92 Å². The maximum atomic E-state index is 6.12. The maximum absolute atomic E-state index is 6.12. The Morgan fingerprint density at radius 1 is 1.18 bits per heavy atom. The molecule has 92 valence electrons. The van der Waals surface area contributed by atoms with Gasteiger partial charge < -0.3 is 10.6 Å². The normalized spacial score (nSPS) is 28.2. The standard InChI is InChI=1S/C14H19ClN2/c15-11-5-3-7-13(14(11)16)17-9-8-10-4-1-2-6-12(10)17/h3,5,7,10,12H,1-2,4,6,8-9,16H2. The van der Waals surface area contributed by atoms with Gasteiger partial charge in [0, 0.05) is 12.6 Å². The molecule has 2 nitrogen and oxygen atoms in total. The minimum absolute atomic E-state index is 0.682. The van der Waals surface area contributed by atoms with Crippen LogP contribution in [0.1, 0.15) is 32.1 Å². The number of hydrogen-bond donors (Lipinski definition) is 1. The van der Waals surface area contributed by atoms with Crippen molar-refractivity contribution in [3.05, 3.63) is 23.2 Å². The van der Waals surface area contributed by atoms with E-state index in [1.807, 2.05) is 12.1 Å². The second-order valence-electron chi connectivity index (χ2n) is 5.27. The van der Waals surface area contributed by atoms with E-state index in [9.17, 15) is 0 Å². The first-order valence-electron chi connectivity index (χ1n) is 6.58. The van der Waals surface area contributed by atoms with E-state index in [0.717, 1.165) is 23.8 Å². The zero-order valence-electron chi connectivity index (χ0n) is 10.0. The SMILES string of the molecule is Nc1c(Cl)cccc1N1CCC2CCCCC21. The molecule has 1 heterocycles. The quantitative estimate of drug-likeness (QED) is 0.771. The van der Waals surface area contributed by atoms with Crippen molar-refractivity contribution in [3.8, 4) is 0 Å². The van der Waals surface area contributed by atoms with E-state index in [1.165, 1.54) is 32.1 Å². The molecule has 3 rings (SSSR count). The van der Waals surface area contributed by atoms with Crippen molar-refractivity contribution < 1.29 is 0 Å². The van der Waals surface area contributed by atoms with Crippen LogP contribution in [-0.2, 0) is 0 Å². The van der Waals surface area contributed by atoms with Gasteiger partial charge in [-0.1, -0.05) is 30.5 Å². The third-order valence-corrected chi connectivity index (χ3v) is 4.68. The summed E-state index contributed by atoms with van der Waals surface area (Å²) in [5.74, 6) is 0.877. The lowest BCUT2D eigenvalue weighted by atomic mass is 9.85. The number of rotatable bonds is 1. The van der Waals surface area contributed by atoms with Crippen LogP contribution in [-0.4, -0.2) is 12.6 Å². The van der Waals surface area contributed by atoms with Crippen LogP contribution >= 0.6 is 11.6 Å². The lowest BCUT2D eigenvalue weighted by molar-refractivity contribution is 0.342. The maximum Gasteiger partial charge on any atom is 0.0741 e. The largest absolute Gasteiger partial charge is 0.396 e. The number of hydrogen-bond acceptors (Lipinski definition) is 2. The Morgan fingerprint density at radius 2 is 2.00 bits per heavy atom. The van der Waals surface area contributed by atoms with E-state index in [2.05, 4.69) is 11.0 Å². The van der Waals surface area contributed by atoms with Crippen LogP contribution in [0, 0.1) is 5.92 Å². The molecule has 3 heteroatoms. The van der Waals surface area contributed by atoms with Crippen molar-refractivity contribution in [2.45, 2.75) is 38.1 Å². The molecular weight excluding hydrogens is 232 g/mol. The number of nitrogens with two attached hydrogens (primary N) is 1. The molecular formula is C14H19ClN2. The highest BCUT2D eigenvalue weighted by molar-refractivity contribution is 6.33. The zero-order chi connectivity index (χ0) is 11.8. The minimum atomic E-state index is 0.682. The van der Waals surface area contributed by atoms with Crippen molar-refractivity contribution in [1.29, 1.82) is 0 Å². The van der Waals surface area contributed by atoms with Crippen LogP contribution < -0.4 is 10.6 Å². The summed E-state index contributed by atoms with van der Waals surface area (Å²) in [6, 6.07) is 6.68. The molecule has 2 atom stereocenters. The molecule has 0 amide bonds. The fourth-order valence-corrected chi connectivity index (χ4v) is 3.65. The summed E-state index contributed by atoms with van der Waals surface area (Å²) >= 11 is 6.12. The molecule has 17 heavy (non-hydrogen) atoms. The Morgan fingerprint density at radius 3 is 2.88 bits per heavy atom. The van der Waals surface area contributed by atoms with Gasteiger partial charge in [0.15, 0.2) is 0 Å². The molecule has 2 unspecified atom stereocenters. The van der Waals surface area contributed by atoms with Crippen LogP contribution in [0.5, 0.6) is 0 Å². The Bertz CT molecular complexity index is 419.